The maximum absolute atomic E-state index is 11.9. The molecule has 2 aromatic rings. The molecule has 0 fully saturated rings. The number of amides is 1. The van der Waals surface area contributed by atoms with Crippen molar-refractivity contribution in [1.82, 2.24) is 5.32 Å². The Labute approximate surface area is 160 Å². The number of aromatic carboxylic acids is 1. The molecule has 1 amide bonds. The summed E-state index contributed by atoms with van der Waals surface area (Å²) in [7, 11) is 0. The van der Waals surface area contributed by atoms with Gasteiger partial charge in [0.1, 0.15) is 5.75 Å². The Hall–Kier alpha value is -2.82. The predicted molar refractivity (Wildman–Crippen MR) is 105 cm³/mol. The van der Waals surface area contributed by atoms with Crippen LogP contribution in [-0.2, 0) is 16.8 Å². The Bertz CT molecular complexity index is 776. The summed E-state index contributed by atoms with van der Waals surface area (Å²) in [6.07, 6.45) is 0.973. The van der Waals surface area contributed by atoms with Crippen LogP contribution in [-0.4, -0.2) is 23.6 Å². The first-order chi connectivity index (χ1) is 12.8. The van der Waals surface area contributed by atoms with Crippen LogP contribution < -0.4 is 10.1 Å². The lowest BCUT2D eigenvalue weighted by Gasteiger charge is -2.19. The van der Waals surface area contributed by atoms with Gasteiger partial charge in [0.2, 0.25) is 5.91 Å². The summed E-state index contributed by atoms with van der Waals surface area (Å²) in [4.78, 5) is 22.9. The molecule has 2 rings (SSSR count). The standard InChI is InChI=1S/C22H27NO4/c1-22(2,3)18-9-11-19(12-10-18)27-13-5-8-20(24)23-15-16-6-4-7-17(14-16)21(25)26/h4,6-7,9-12,14H,5,8,13,15H2,1-3H3,(H,23,24)(H,25,26). The number of hydrogen-bond donors (Lipinski definition) is 2. The summed E-state index contributed by atoms with van der Waals surface area (Å²) >= 11 is 0. The van der Waals surface area contributed by atoms with Gasteiger partial charge >= 0.3 is 5.97 Å². The molecule has 0 aliphatic rings. The highest BCUT2D eigenvalue weighted by molar-refractivity contribution is 5.87. The molecule has 0 saturated heterocycles. The fourth-order valence-electron chi connectivity index (χ4n) is 2.58. The lowest BCUT2D eigenvalue weighted by molar-refractivity contribution is -0.121. The molecule has 0 aromatic heterocycles. The fraction of sp³-hybridized carbons (Fsp3) is 0.364. The van der Waals surface area contributed by atoms with E-state index in [0.29, 0.717) is 26.0 Å². The highest BCUT2D eigenvalue weighted by atomic mass is 16.5. The molecule has 0 heterocycles. The molecule has 144 valence electrons. The topological polar surface area (TPSA) is 75.6 Å². The average molecular weight is 369 g/mol. The van der Waals surface area contributed by atoms with Crippen molar-refractivity contribution in [2.24, 2.45) is 0 Å². The van der Waals surface area contributed by atoms with Crippen LogP contribution >= 0.6 is 0 Å². The van der Waals surface area contributed by atoms with E-state index >= 15 is 0 Å². The minimum atomic E-state index is -0.976. The van der Waals surface area contributed by atoms with E-state index in [1.54, 1.807) is 18.2 Å². The second-order valence-electron chi connectivity index (χ2n) is 7.51. The van der Waals surface area contributed by atoms with E-state index in [1.165, 1.54) is 11.6 Å². The van der Waals surface area contributed by atoms with E-state index in [9.17, 15) is 9.59 Å². The summed E-state index contributed by atoms with van der Waals surface area (Å²) in [5.74, 6) is -0.257. The SMILES string of the molecule is CC(C)(C)c1ccc(OCCCC(=O)NCc2cccc(C(=O)O)c2)cc1. The maximum atomic E-state index is 11.9. The third-order valence-electron chi connectivity index (χ3n) is 4.20. The highest BCUT2D eigenvalue weighted by Crippen LogP contribution is 2.24. The van der Waals surface area contributed by atoms with Gasteiger partial charge in [0.15, 0.2) is 0 Å². The third-order valence-corrected chi connectivity index (χ3v) is 4.20. The summed E-state index contributed by atoms with van der Waals surface area (Å²) < 4.78 is 5.68. The fourth-order valence-corrected chi connectivity index (χ4v) is 2.58. The van der Waals surface area contributed by atoms with Gasteiger partial charge in [-0.25, -0.2) is 4.79 Å². The van der Waals surface area contributed by atoms with E-state index in [-0.39, 0.29) is 16.9 Å². The van der Waals surface area contributed by atoms with Crippen LogP contribution in [0.4, 0.5) is 0 Å². The first kappa shape index (κ1) is 20.5. The molecule has 0 unspecified atom stereocenters. The Balaban J connectivity index is 1.69. The van der Waals surface area contributed by atoms with Crippen LogP contribution in [0.25, 0.3) is 0 Å². The van der Waals surface area contributed by atoms with Crippen molar-refractivity contribution in [2.75, 3.05) is 6.61 Å². The molecular weight excluding hydrogens is 342 g/mol. The molecule has 5 nitrogen and oxygen atoms in total. The van der Waals surface area contributed by atoms with Crippen molar-refractivity contribution < 1.29 is 19.4 Å². The molecule has 0 spiro atoms. The number of nitrogens with one attached hydrogen (secondary N) is 1. The van der Waals surface area contributed by atoms with E-state index in [0.717, 1.165) is 11.3 Å². The molecule has 0 bridgehead atoms. The van der Waals surface area contributed by atoms with Crippen LogP contribution in [0.3, 0.4) is 0 Å². The zero-order chi connectivity index (χ0) is 19.9. The quantitative estimate of drug-likeness (QED) is 0.685. The number of benzene rings is 2. The largest absolute Gasteiger partial charge is 0.494 e. The smallest absolute Gasteiger partial charge is 0.335 e. The van der Waals surface area contributed by atoms with Gasteiger partial charge in [0, 0.05) is 13.0 Å². The van der Waals surface area contributed by atoms with Gasteiger partial charge in [-0.2, -0.15) is 0 Å². The van der Waals surface area contributed by atoms with Gasteiger partial charge in [0.05, 0.1) is 12.2 Å². The number of ether oxygens (including phenoxy) is 1. The number of carbonyl (C=O) groups is 2. The Morgan fingerprint density at radius 3 is 2.41 bits per heavy atom. The Morgan fingerprint density at radius 2 is 1.78 bits per heavy atom. The van der Waals surface area contributed by atoms with Crippen molar-refractivity contribution in [3.63, 3.8) is 0 Å². The Morgan fingerprint density at radius 1 is 1.07 bits per heavy atom. The van der Waals surface area contributed by atoms with Gasteiger partial charge in [-0.1, -0.05) is 45.0 Å². The van der Waals surface area contributed by atoms with Gasteiger partial charge in [-0.05, 0) is 47.2 Å². The van der Waals surface area contributed by atoms with Crippen LogP contribution in [0.15, 0.2) is 48.5 Å². The van der Waals surface area contributed by atoms with Gasteiger partial charge in [-0.15, -0.1) is 0 Å². The molecule has 0 aliphatic heterocycles. The molecule has 5 heteroatoms. The van der Waals surface area contributed by atoms with Crippen LogP contribution in [0.5, 0.6) is 5.75 Å². The molecule has 0 aliphatic carbocycles. The normalized spacial score (nSPS) is 11.1. The van der Waals surface area contributed by atoms with Crippen molar-refractivity contribution in [1.29, 1.82) is 0 Å². The van der Waals surface area contributed by atoms with Crippen LogP contribution in [0.1, 0.15) is 55.1 Å². The van der Waals surface area contributed by atoms with Crippen LogP contribution in [0.2, 0.25) is 0 Å². The number of carbonyl (C=O) groups excluding carboxylic acids is 1. The summed E-state index contributed by atoms with van der Waals surface area (Å²) in [5.41, 5.74) is 2.34. The second kappa shape index (κ2) is 9.21. The first-order valence-electron chi connectivity index (χ1n) is 9.08. The first-order valence-corrected chi connectivity index (χ1v) is 9.08. The number of hydrogen-bond acceptors (Lipinski definition) is 3. The average Bonchev–Trinajstić information content (AvgIpc) is 2.63. The minimum absolute atomic E-state index is 0.0811. The van der Waals surface area contributed by atoms with E-state index in [1.807, 2.05) is 12.1 Å². The van der Waals surface area contributed by atoms with E-state index in [2.05, 4.69) is 38.2 Å². The molecule has 0 radical (unpaired) electrons. The van der Waals surface area contributed by atoms with Crippen molar-refractivity contribution in [2.45, 2.75) is 45.6 Å². The molecule has 2 N–H and O–H groups in total. The molecule has 2 aromatic carbocycles. The summed E-state index contributed by atoms with van der Waals surface area (Å²) in [6.45, 7) is 7.28. The monoisotopic (exact) mass is 369 g/mol. The molecule has 0 saturated carbocycles. The van der Waals surface area contributed by atoms with Crippen molar-refractivity contribution >= 4 is 11.9 Å². The zero-order valence-corrected chi connectivity index (χ0v) is 16.1. The minimum Gasteiger partial charge on any atom is -0.494 e. The van der Waals surface area contributed by atoms with Crippen molar-refractivity contribution in [3.8, 4) is 5.75 Å². The molecule has 27 heavy (non-hydrogen) atoms. The number of carboxylic acid groups (broad SMARTS) is 1. The molecule has 0 atom stereocenters. The van der Waals surface area contributed by atoms with Gasteiger partial charge < -0.3 is 15.2 Å². The second-order valence-corrected chi connectivity index (χ2v) is 7.51. The lowest BCUT2D eigenvalue weighted by Crippen LogP contribution is -2.23. The third kappa shape index (κ3) is 6.77. The lowest BCUT2D eigenvalue weighted by atomic mass is 9.87. The van der Waals surface area contributed by atoms with Crippen molar-refractivity contribution in [3.05, 3.63) is 65.2 Å². The maximum Gasteiger partial charge on any atom is 0.335 e. The highest BCUT2D eigenvalue weighted by Gasteiger charge is 2.13. The molecular formula is C22H27NO4. The number of rotatable bonds is 8. The predicted octanol–water partition coefficient (Wildman–Crippen LogP) is 4.16. The van der Waals surface area contributed by atoms with Gasteiger partial charge in [0.25, 0.3) is 0 Å². The van der Waals surface area contributed by atoms with Gasteiger partial charge in [-0.3, -0.25) is 4.79 Å². The van der Waals surface area contributed by atoms with E-state index in [4.69, 9.17) is 9.84 Å². The zero-order valence-electron chi connectivity index (χ0n) is 16.1. The number of carboxylic acids is 1. The Kier molecular flexibility index (Phi) is 6.99. The van der Waals surface area contributed by atoms with E-state index < -0.39 is 5.97 Å². The summed E-state index contributed by atoms with van der Waals surface area (Å²) in [6, 6.07) is 14.6. The van der Waals surface area contributed by atoms with Crippen LogP contribution in [0, 0.1) is 0 Å². The summed E-state index contributed by atoms with van der Waals surface area (Å²) in [5, 5.41) is 11.8.